The Morgan fingerprint density at radius 2 is 1.86 bits per heavy atom. The van der Waals surface area contributed by atoms with Gasteiger partial charge in [0.05, 0.1) is 11.1 Å². The van der Waals surface area contributed by atoms with E-state index in [1.165, 1.54) is 38.0 Å². The standard InChI is InChI=1S/C23H28BrClN2O2/c1-2-28-22-12-17(13-26-21-14-27-9-7-18(21)8-10-27)11-20(24)23(22)29-15-16-3-5-19(25)6-4-16/h3-6,11-12,18,21,26H,2,7-10,13-15H2,1H3. The van der Waals surface area contributed by atoms with Crippen LogP contribution in [-0.2, 0) is 13.2 Å². The molecule has 0 aliphatic carbocycles. The second-order valence-corrected chi connectivity index (χ2v) is 9.17. The van der Waals surface area contributed by atoms with Crippen molar-refractivity contribution in [3.63, 3.8) is 0 Å². The minimum Gasteiger partial charge on any atom is -0.490 e. The van der Waals surface area contributed by atoms with Gasteiger partial charge in [0.15, 0.2) is 11.5 Å². The van der Waals surface area contributed by atoms with Crippen LogP contribution in [0.4, 0.5) is 0 Å². The van der Waals surface area contributed by atoms with E-state index in [1.807, 2.05) is 31.2 Å². The molecule has 1 N–H and O–H groups in total. The van der Waals surface area contributed by atoms with Crippen LogP contribution in [0.3, 0.4) is 0 Å². The third-order valence-electron chi connectivity index (χ3n) is 5.89. The fourth-order valence-electron chi connectivity index (χ4n) is 4.31. The predicted molar refractivity (Wildman–Crippen MR) is 121 cm³/mol. The summed E-state index contributed by atoms with van der Waals surface area (Å²) in [6.07, 6.45) is 2.64. The maximum absolute atomic E-state index is 6.09. The summed E-state index contributed by atoms with van der Waals surface area (Å²) >= 11 is 9.66. The van der Waals surface area contributed by atoms with E-state index in [-0.39, 0.29) is 0 Å². The largest absolute Gasteiger partial charge is 0.490 e. The molecule has 3 aliphatic heterocycles. The van der Waals surface area contributed by atoms with Crippen LogP contribution in [0, 0.1) is 5.92 Å². The zero-order chi connectivity index (χ0) is 20.2. The molecule has 2 bridgehead atoms. The van der Waals surface area contributed by atoms with Crippen LogP contribution in [-0.4, -0.2) is 37.2 Å². The summed E-state index contributed by atoms with van der Waals surface area (Å²) in [7, 11) is 0. The van der Waals surface area contributed by atoms with Crippen LogP contribution >= 0.6 is 27.5 Å². The summed E-state index contributed by atoms with van der Waals surface area (Å²) in [6.45, 7) is 7.60. The van der Waals surface area contributed by atoms with E-state index in [4.69, 9.17) is 21.1 Å². The van der Waals surface area contributed by atoms with Gasteiger partial charge in [-0.2, -0.15) is 0 Å². The number of hydrogen-bond acceptors (Lipinski definition) is 4. The molecule has 1 atom stereocenters. The van der Waals surface area contributed by atoms with Gasteiger partial charge >= 0.3 is 0 Å². The Hall–Kier alpha value is -1.27. The van der Waals surface area contributed by atoms with E-state index in [0.29, 0.717) is 19.3 Å². The van der Waals surface area contributed by atoms with Gasteiger partial charge in [-0.1, -0.05) is 23.7 Å². The number of nitrogens with zero attached hydrogens (tertiary/aromatic N) is 1. The van der Waals surface area contributed by atoms with Crippen LogP contribution in [0.15, 0.2) is 40.9 Å². The quantitative estimate of drug-likeness (QED) is 0.560. The topological polar surface area (TPSA) is 33.7 Å². The number of fused-ring (bicyclic) bond motifs is 3. The van der Waals surface area contributed by atoms with Gasteiger partial charge in [0.2, 0.25) is 0 Å². The maximum atomic E-state index is 6.09. The first-order valence-corrected chi connectivity index (χ1v) is 11.6. The zero-order valence-corrected chi connectivity index (χ0v) is 19.1. The molecule has 3 heterocycles. The van der Waals surface area contributed by atoms with Gasteiger partial charge in [0.1, 0.15) is 6.61 Å². The first-order chi connectivity index (χ1) is 14.1. The highest BCUT2D eigenvalue weighted by Crippen LogP contribution is 2.38. The summed E-state index contributed by atoms with van der Waals surface area (Å²) in [4.78, 5) is 2.58. The van der Waals surface area contributed by atoms with Crippen molar-refractivity contribution in [2.24, 2.45) is 5.92 Å². The number of rotatable bonds is 8. The molecule has 3 saturated heterocycles. The highest BCUT2D eigenvalue weighted by atomic mass is 79.9. The molecular weight excluding hydrogens is 452 g/mol. The molecule has 1 unspecified atom stereocenters. The van der Waals surface area contributed by atoms with Gasteiger partial charge in [-0.25, -0.2) is 0 Å². The summed E-state index contributed by atoms with van der Waals surface area (Å²) in [5.74, 6) is 2.34. The summed E-state index contributed by atoms with van der Waals surface area (Å²) < 4.78 is 12.9. The zero-order valence-electron chi connectivity index (χ0n) is 16.8. The molecule has 0 aromatic heterocycles. The fraction of sp³-hybridized carbons (Fsp3) is 0.478. The molecule has 0 amide bonds. The molecule has 6 heteroatoms. The van der Waals surface area contributed by atoms with Gasteiger partial charge in [0.25, 0.3) is 0 Å². The van der Waals surface area contributed by atoms with Crippen molar-refractivity contribution in [1.82, 2.24) is 10.2 Å². The molecule has 0 spiro atoms. The van der Waals surface area contributed by atoms with E-state index in [9.17, 15) is 0 Å². The van der Waals surface area contributed by atoms with Crippen molar-refractivity contribution in [2.75, 3.05) is 26.2 Å². The highest BCUT2D eigenvalue weighted by Gasteiger charge is 2.33. The minimum atomic E-state index is 0.465. The van der Waals surface area contributed by atoms with E-state index in [1.54, 1.807) is 0 Å². The van der Waals surface area contributed by atoms with Gasteiger partial charge in [0, 0.05) is 24.2 Å². The normalized spacial score (nSPS) is 23.2. The number of piperidine rings is 3. The molecule has 0 radical (unpaired) electrons. The van der Waals surface area contributed by atoms with Crippen molar-refractivity contribution in [3.05, 3.63) is 57.0 Å². The van der Waals surface area contributed by atoms with Crippen molar-refractivity contribution in [1.29, 1.82) is 0 Å². The molecule has 29 heavy (non-hydrogen) atoms. The third kappa shape index (κ3) is 5.26. The van der Waals surface area contributed by atoms with Gasteiger partial charge in [-0.15, -0.1) is 0 Å². The van der Waals surface area contributed by atoms with E-state index in [0.717, 1.165) is 39.0 Å². The number of ether oxygens (including phenoxy) is 2. The van der Waals surface area contributed by atoms with Gasteiger partial charge in [-0.05, 0) is 90.1 Å². The third-order valence-corrected chi connectivity index (χ3v) is 6.73. The monoisotopic (exact) mass is 478 g/mol. The number of nitrogens with one attached hydrogen (secondary N) is 1. The van der Waals surface area contributed by atoms with Crippen LogP contribution in [0.25, 0.3) is 0 Å². The molecule has 0 saturated carbocycles. The van der Waals surface area contributed by atoms with E-state index < -0.39 is 0 Å². The Balaban J connectivity index is 1.43. The molecule has 3 aliphatic rings. The molecule has 5 rings (SSSR count). The van der Waals surface area contributed by atoms with E-state index >= 15 is 0 Å². The Labute approximate surface area is 186 Å². The van der Waals surface area contributed by atoms with Crippen LogP contribution in [0.1, 0.15) is 30.9 Å². The van der Waals surface area contributed by atoms with Crippen molar-refractivity contribution in [3.8, 4) is 11.5 Å². The predicted octanol–water partition coefficient (Wildman–Crippen LogP) is 5.26. The lowest BCUT2D eigenvalue weighted by Crippen LogP contribution is -2.55. The minimum absolute atomic E-state index is 0.465. The number of hydrogen-bond donors (Lipinski definition) is 1. The average Bonchev–Trinajstić information content (AvgIpc) is 2.74. The molecule has 4 nitrogen and oxygen atoms in total. The molecule has 2 aromatic rings. The van der Waals surface area contributed by atoms with Crippen LogP contribution < -0.4 is 14.8 Å². The Bertz CT molecular complexity index is 822. The summed E-state index contributed by atoms with van der Waals surface area (Å²) in [6, 6.07) is 12.5. The maximum Gasteiger partial charge on any atom is 0.175 e. The lowest BCUT2D eigenvalue weighted by molar-refractivity contribution is 0.0720. The first kappa shape index (κ1) is 21.0. The van der Waals surface area contributed by atoms with Crippen molar-refractivity contribution < 1.29 is 9.47 Å². The fourth-order valence-corrected chi connectivity index (χ4v) is 5.04. The molecule has 156 valence electrons. The van der Waals surface area contributed by atoms with Crippen molar-refractivity contribution >= 4 is 27.5 Å². The molecular formula is C23H28BrClN2O2. The SMILES string of the molecule is CCOc1cc(CNC2CN3CCC2CC3)cc(Br)c1OCc1ccc(Cl)cc1. The second-order valence-electron chi connectivity index (χ2n) is 7.88. The Morgan fingerprint density at radius 1 is 1.10 bits per heavy atom. The molecule has 3 fully saturated rings. The van der Waals surface area contributed by atoms with Crippen molar-refractivity contribution in [2.45, 2.75) is 39.0 Å². The summed E-state index contributed by atoms with van der Waals surface area (Å²) in [5, 5.41) is 4.50. The molecule has 2 aromatic carbocycles. The Morgan fingerprint density at radius 3 is 2.52 bits per heavy atom. The van der Waals surface area contributed by atoms with Crippen LogP contribution in [0.5, 0.6) is 11.5 Å². The highest BCUT2D eigenvalue weighted by molar-refractivity contribution is 9.10. The van der Waals surface area contributed by atoms with Gasteiger partial charge < -0.3 is 19.7 Å². The smallest absolute Gasteiger partial charge is 0.175 e. The van der Waals surface area contributed by atoms with E-state index in [2.05, 4.69) is 38.3 Å². The lowest BCUT2D eigenvalue weighted by atomic mass is 9.84. The van der Waals surface area contributed by atoms with Gasteiger partial charge in [-0.3, -0.25) is 0 Å². The second kappa shape index (κ2) is 9.69. The number of halogens is 2. The summed E-state index contributed by atoms with van der Waals surface area (Å²) in [5.41, 5.74) is 2.27. The average molecular weight is 480 g/mol. The Kier molecular flexibility index (Phi) is 7.01. The number of benzene rings is 2. The first-order valence-electron chi connectivity index (χ1n) is 10.4. The lowest BCUT2D eigenvalue weighted by Gasteiger charge is -2.45. The van der Waals surface area contributed by atoms with Crippen LogP contribution in [0.2, 0.25) is 5.02 Å².